The van der Waals surface area contributed by atoms with Crippen LogP contribution in [-0.2, 0) is 21.0 Å². The number of hydrogen-bond donors (Lipinski definition) is 0. The smallest absolute Gasteiger partial charge is 0.311 e. The highest BCUT2D eigenvalue weighted by atomic mass is 16.6. The van der Waals surface area contributed by atoms with Gasteiger partial charge >= 0.3 is 5.97 Å². The quantitative estimate of drug-likeness (QED) is 0.432. The van der Waals surface area contributed by atoms with Crippen LogP contribution in [0.2, 0.25) is 0 Å². The maximum Gasteiger partial charge on any atom is 0.311 e. The SMILES string of the molecule is CCOC(=O)CC(C)=NOCc1ccccc1. The molecule has 1 rings (SSSR count). The fourth-order valence-corrected chi connectivity index (χ4v) is 1.24. The van der Waals surface area contributed by atoms with Gasteiger partial charge in [-0.1, -0.05) is 35.5 Å². The van der Waals surface area contributed by atoms with E-state index >= 15 is 0 Å². The van der Waals surface area contributed by atoms with Gasteiger partial charge in [0, 0.05) is 0 Å². The van der Waals surface area contributed by atoms with Gasteiger partial charge in [0.25, 0.3) is 0 Å². The summed E-state index contributed by atoms with van der Waals surface area (Å²) < 4.78 is 4.80. The first kappa shape index (κ1) is 13.2. The molecule has 0 atom stereocenters. The summed E-state index contributed by atoms with van der Waals surface area (Å²) in [5.74, 6) is -0.280. The Hall–Kier alpha value is -1.84. The van der Waals surface area contributed by atoms with E-state index in [1.807, 2.05) is 30.3 Å². The van der Waals surface area contributed by atoms with Gasteiger partial charge in [-0.25, -0.2) is 0 Å². The van der Waals surface area contributed by atoms with Crippen molar-refractivity contribution in [2.24, 2.45) is 5.16 Å². The molecule has 92 valence electrons. The lowest BCUT2D eigenvalue weighted by Crippen LogP contribution is -2.09. The zero-order valence-corrected chi connectivity index (χ0v) is 10.2. The highest BCUT2D eigenvalue weighted by molar-refractivity contribution is 5.97. The van der Waals surface area contributed by atoms with E-state index in [9.17, 15) is 4.79 Å². The molecule has 0 aliphatic carbocycles. The number of carbonyl (C=O) groups excluding carboxylic acids is 1. The van der Waals surface area contributed by atoms with Crippen molar-refractivity contribution in [2.45, 2.75) is 26.9 Å². The van der Waals surface area contributed by atoms with Crippen LogP contribution >= 0.6 is 0 Å². The van der Waals surface area contributed by atoms with Crippen LogP contribution in [0.5, 0.6) is 0 Å². The van der Waals surface area contributed by atoms with E-state index in [-0.39, 0.29) is 12.4 Å². The molecule has 0 aliphatic rings. The predicted octanol–water partition coefficient (Wildman–Crippen LogP) is 2.53. The molecule has 0 bridgehead atoms. The lowest BCUT2D eigenvalue weighted by molar-refractivity contribution is -0.141. The second-order valence-corrected chi connectivity index (χ2v) is 3.57. The van der Waals surface area contributed by atoms with Crippen LogP contribution in [0.15, 0.2) is 35.5 Å². The molecule has 0 unspecified atom stereocenters. The summed E-state index contributed by atoms with van der Waals surface area (Å²) in [4.78, 5) is 16.3. The van der Waals surface area contributed by atoms with E-state index in [1.54, 1.807) is 13.8 Å². The molecular weight excluding hydrogens is 218 g/mol. The fourth-order valence-electron chi connectivity index (χ4n) is 1.24. The monoisotopic (exact) mass is 235 g/mol. The molecule has 0 radical (unpaired) electrons. The predicted molar refractivity (Wildman–Crippen MR) is 65.6 cm³/mol. The van der Waals surface area contributed by atoms with Crippen molar-refractivity contribution >= 4 is 11.7 Å². The van der Waals surface area contributed by atoms with Crippen molar-refractivity contribution in [1.82, 2.24) is 0 Å². The van der Waals surface area contributed by atoms with Crippen LogP contribution in [0.4, 0.5) is 0 Å². The van der Waals surface area contributed by atoms with E-state index in [0.29, 0.717) is 18.9 Å². The molecule has 0 heterocycles. The number of esters is 1. The third-order valence-corrected chi connectivity index (χ3v) is 2.00. The summed E-state index contributed by atoms with van der Waals surface area (Å²) in [6, 6.07) is 9.73. The maximum absolute atomic E-state index is 11.1. The van der Waals surface area contributed by atoms with Crippen LogP contribution in [0.3, 0.4) is 0 Å². The Morgan fingerprint density at radius 2 is 2.00 bits per heavy atom. The second-order valence-electron chi connectivity index (χ2n) is 3.57. The Balaban J connectivity index is 2.31. The van der Waals surface area contributed by atoms with E-state index in [4.69, 9.17) is 9.57 Å². The summed E-state index contributed by atoms with van der Waals surface area (Å²) in [5, 5.41) is 3.86. The number of oxime groups is 1. The van der Waals surface area contributed by atoms with Gasteiger partial charge in [0.1, 0.15) is 6.61 Å². The van der Waals surface area contributed by atoms with Crippen molar-refractivity contribution in [3.63, 3.8) is 0 Å². The minimum Gasteiger partial charge on any atom is -0.466 e. The molecule has 0 N–H and O–H groups in total. The summed E-state index contributed by atoms with van der Waals surface area (Å²) in [5.41, 5.74) is 1.65. The minimum atomic E-state index is -0.280. The van der Waals surface area contributed by atoms with Gasteiger partial charge in [-0.2, -0.15) is 0 Å². The van der Waals surface area contributed by atoms with Gasteiger partial charge in [0.2, 0.25) is 0 Å². The lowest BCUT2D eigenvalue weighted by Gasteiger charge is -2.02. The standard InChI is InChI=1S/C13H17NO3/c1-3-16-13(15)9-11(2)14-17-10-12-7-5-4-6-8-12/h4-8H,3,9-10H2,1-2H3. The Bertz CT molecular complexity index is 374. The third kappa shape index (κ3) is 5.70. The normalized spacial score (nSPS) is 11.1. The molecule has 0 spiro atoms. The van der Waals surface area contributed by atoms with Gasteiger partial charge in [-0.3, -0.25) is 4.79 Å². The van der Waals surface area contributed by atoms with E-state index in [0.717, 1.165) is 5.56 Å². The van der Waals surface area contributed by atoms with Crippen LogP contribution in [0, 0.1) is 0 Å². The molecule has 0 fully saturated rings. The van der Waals surface area contributed by atoms with E-state index < -0.39 is 0 Å². The van der Waals surface area contributed by atoms with Gasteiger partial charge in [0.05, 0.1) is 18.7 Å². The maximum atomic E-state index is 11.1. The Morgan fingerprint density at radius 1 is 1.29 bits per heavy atom. The number of hydrogen-bond acceptors (Lipinski definition) is 4. The molecule has 0 saturated carbocycles. The van der Waals surface area contributed by atoms with Crippen LogP contribution in [-0.4, -0.2) is 18.3 Å². The van der Waals surface area contributed by atoms with Crippen molar-refractivity contribution in [3.05, 3.63) is 35.9 Å². The highest BCUT2D eigenvalue weighted by Crippen LogP contribution is 2.01. The first-order chi connectivity index (χ1) is 8.22. The molecule has 0 aromatic heterocycles. The van der Waals surface area contributed by atoms with Gasteiger partial charge in [0.15, 0.2) is 0 Å². The van der Waals surface area contributed by atoms with Crippen LogP contribution in [0.1, 0.15) is 25.8 Å². The summed E-state index contributed by atoms with van der Waals surface area (Å²) in [7, 11) is 0. The number of benzene rings is 1. The van der Waals surface area contributed by atoms with Crippen molar-refractivity contribution < 1.29 is 14.4 Å². The molecule has 4 heteroatoms. The van der Waals surface area contributed by atoms with Crippen molar-refractivity contribution in [3.8, 4) is 0 Å². The number of nitrogens with zero attached hydrogens (tertiary/aromatic N) is 1. The first-order valence-corrected chi connectivity index (χ1v) is 5.57. The molecule has 17 heavy (non-hydrogen) atoms. The van der Waals surface area contributed by atoms with E-state index in [2.05, 4.69) is 5.16 Å². The third-order valence-electron chi connectivity index (χ3n) is 2.00. The Labute approximate surface area is 101 Å². The molecule has 1 aromatic rings. The molecule has 1 aromatic carbocycles. The van der Waals surface area contributed by atoms with E-state index in [1.165, 1.54) is 0 Å². The number of ether oxygens (including phenoxy) is 1. The highest BCUT2D eigenvalue weighted by Gasteiger charge is 2.04. The second kappa shape index (κ2) is 7.44. The first-order valence-electron chi connectivity index (χ1n) is 5.57. The summed E-state index contributed by atoms with van der Waals surface area (Å²) >= 11 is 0. The van der Waals surface area contributed by atoms with Crippen molar-refractivity contribution in [1.29, 1.82) is 0 Å². The Morgan fingerprint density at radius 3 is 2.65 bits per heavy atom. The number of rotatable bonds is 6. The average Bonchev–Trinajstić information content (AvgIpc) is 2.30. The Kier molecular flexibility index (Phi) is 5.79. The van der Waals surface area contributed by atoms with Crippen molar-refractivity contribution in [2.75, 3.05) is 6.61 Å². The zero-order chi connectivity index (χ0) is 12.5. The summed E-state index contributed by atoms with van der Waals surface area (Å²) in [6.45, 7) is 4.30. The summed E-state index contributed by atoms with van der Waals surface area (Å²) in [6.07, 6.45) is 0.169. The average molecular weight is 235 g/mol. The molecular formula is C13H17NO3. The van der Waals surface area contributed by atoms with Gasteiger partial charge < -0.3 is 9.57 Å². The lowest BCUT2D eigenvalue weighted by atomic mass is 10.2. The minimum absolute atomic E-state index is 0.169. The van der Waals surface area contributed by atoms with Crippen LogP contribution < -0.4 is 0 Å². The number of carbonyl (C=O) groups is 1. The fraction of sp³-hybridized carbons (Fsp3) is 0.385. The van der Waals surface area contributed by atoms with Gasteiger partial charge in [-0.15, -0.1) is 0 Å². The molecule has 0 amide bonds. The largest absolute Gasteiger partial charge is 0.466 e. The molecule has 0 aliphatic heterocycles. The molecule has 4 nitrogen and oxygen atoms in total. The zero-order valence-electron chi connectivity index (χ0n) is 10.2. The van der Waals surface area contributed by atoms with Gasteiger partial charge in [-0.05, 0) is 19.4 Å². The molecule has 0 saturated heterocycles. The van der Waals surface area contributed by atoms with Crippen LogP contribution in [0.25, 0.3) is 0 Å². The topological polar surface area (TPSA) is 47.9 Å².